The SMILES string of the molecule is COc1cccc([C@H]2CN(Cc3ccc[nH]3)C[C@H]2CN(CC(C)C)C(=O)c2ccc(F)cc2)c1. The number of hydrogen-bond acceptors (Lipinski definition) is 3. The van der Waals surface area contributed by atoms with Crippen molar-refractivity contribution in [1.82, 2.24) is 14.8 Å². The summed E-state index contributed by atoms with van der Waals surface area (Å²) in [6.45, 7) is 8.21. The number of likely N-dealkylation sites (tertiary alicyclic amines) is 1. The quantitative estimate of drug-likeness (QED) is 0.476. The van der Waals surface area contributed by atoms with Gasteiger partial charge in [0.25, 0.3) is 5.91 Å². The standard InChI is InChI=1S/C28H34FN3O2/c1-20(2)15-32(28(33)21-9-11-24(29)12-10-21)17-23-16-31(18-25-7-5-13-30-25)19-27(23)22-6-4-8-26(14-22)34-3/h4-14,20,23,27,30H,15-19H2,1-3H3/t23-,27+/m0/s1. The molecule has 6 heteroatoms. The summed E-state index contributed by atoms with van der Waals surface area (Å²) in [7, 11) is 1.69. The fraction of sp³-hybridized carbons (Fsp3) is 0.393. The van der Waals surface area contributed by atoms with Crippen LogP contribution in [0.2, 0.25) is 0 Å². The highest BCUT2D eigenvalue weighted by Crippen LogP contribution is 2.35. The maximum absolute atomic E-state index is 13.4. The van der Waals surface area contributed by atoms with Crippen molar-refractivity contribution < 1.29 is 13.9 Å². The number of carbonyl (C=O) groups excluding carboxylic acids is 1. The van der Waals surface area contributed by atoms with Crippen molar-refractivity contribution in [2.75, 3.05) is 33.3 Å². The number of methoxy groups -OCH3 is 1. The van der Waals surface area contributed by atoms with Crippen LogP contribution in [0.25, 0.3) is 0 Å². The second-order valence-electron chi connectivity index (χ2n) is 9.64. The van der Waals surface area contributed by atoms with Crippen LogP contribution >= 0.6 is 0 Å². The number of aromatic amines is 1. The number of carbonyl (C=O) groups is 1. The maximum atomic E-state index is 13.4. The average Bonchev–Trinajstić information content (AvgIpc) is 3.48. The van der Waals surface area contributed by atoms with E-state index in [0.29, 0.717) is 24.6 Å². The minimum Gasteiger partial charge on any atom is -0.497 e. The Bertz CT molecular complexity index is 1070. The number of ether oxygens (including phenoxy) is 1. The molecule has 3 aromatic rings. The van der Waals surface area contributed by atoms with Crippen LogP contribution in [0.1, 0.15) is 41.4 Å². The van der Waals surface area contributed by atoms with E-state index >= 15 is 0 Å². The normalized spacial score (nSPS) is 18.4. The van der Waals surface area contributed by atoms with Gasteiger partial charge in [-0.05, 0) is 65.9 Å². The lowest BCUT2D eigenvalue weighted by Crippen LogP contribution is -2.39. The molecule has 0 bridgehead atoms. The van der Waals surface area contributed by atoms with Gasteiger partial charge < -0.3 is 14.6 Å². The monoisotopic (exact) mass is 463 g/mol. The fourth-order valence-corrected chi connectivity index (χ4v) is 4.97. The Morgan fingerprint density at radius 3 is 2.62 bits per heavy atom. The summed E-state index contributed by atoms with van der Waals surface area (Å²) < 4.78 is 18.9. The van der Waals surface area contributed by atoms with Gasteiger partial charge in [0.15, 0.2) is 0 Å². The molecule has 180 valence electrons. The second-order valence-corrected chi connectivity index (χ2v) is 9.64. The van der Waals surface area contributed by atoms with Gasteiger partial charge in [-0.2, -0.15) is 0 Å². The van der Waals surface area contributed by atoms with Crippen LogP contribution < -0.4 is 4.74 Å². The molecule has 2 atom stereocenters. The van der Waals surface area contributed by atoms with E-state index in [1.165, 1.54) is 23.4 Å². The van der Waals surface area contributed by atoms with Crippen LogP contribution in [0.4, 0.5) is 4.39 Å². The van der Waals surface area contributed by atoms with Crippen LogP contribution in [0.5, 0.6) is 5.75 Å². The lowest BCUT2D eigenvalue weighted by atomic mass is 9.88. The van der Waals surface area contributed by atoms with Gasteiger partial charge in [0.05, 0.1) is 7.11 Å². The molecule has 2 heterocycles. The number of rotatable bonds is 9. The molecule has 5 nitrogen and oxygen atoms in total. The van der Waals surface area contributed by atoms with Gasteiger partial charge in [-0.1, -0.05) is 26.0 Å². The first-order valence-electron chi connectivity index (χ1n) is 12.0. The van der Waals surface area contributed by atoms with E-state index in [4.69, 9.17) is 4.74 Å². The molecule has 0 unspecified atom stereocenters. The predicted molar refractivity (Wildman–Crippen MR) is 132 cm³/mol. The van der Waals surface area contributed by atoms with Crippen molar-refractivity contribution in [3.8, 4) is 5.75 Å². The number of nitrogens with zero attached hydrogens (tertiary/aromatic N) is 2. The number of halogens is 1. The lowest BCUT2D eigenvalue weighted by Gasteiger charge is -2.30. The molecule has 1 aromatic heterocycles. The third-order valence-electron chi connectivity index (χ3n) is 6.51. The molecule has 34 heavy (non-hydrogen) atoms. The minimum absolute atomic E-state index is 0.0408. The highest BCUT2D eigenvalue weighted by atomic mass is 19.1. The summed E-state index contributed by atoms with van der Waals surface area (Å²) in [5, 5.41) is 0. The van der Waals surface area contributed by atoms with Crippen molar-refractivity contribution in [1.29, 1.82) is 0 Å². The van der Waals surface area contributed by atoms with Crippen molar-refractivity contribution in [2.24, 2.45) is 11.8 Å². The van der Waals surface area contributed by atoms with Crippen molar-refractivity contribution in [3.63, 3.8) is 0 Å². The fourth-order valence-electron chi connectivity index (χ4n) is 4.97. The van der Waals surface area contributed by atoms with Crippen molar-refractivity contribution in [2.45, 2.75) is 26.3 Å². The number of hydrogen-bond donors (Lipinski definition) is 1. The first-order chi connectivity index (χ1) is 16.4. The van der Waals surface area contributed by atoms with E-state index in [1.807, 2.05) is 29.3 Å². The first-order valence-corrected chi connectivity index (χ1v) is 12.0. The molecule has 0 spiro atoms. The van der Waals surface area contributed by atoms with Crippen molar-refractivity contribution >= 4 is 5.91 Å². The number of nitrogens with one attached hydrogen (secondary N) is 1. The predicted octanol–water partition coefficient (Wildman–Crippen LogP) is 5.18. The maximum Gasteiger partial charge on any atom is 0.253 e. The van der Waals surface area contributed by atoms with Gasteiger partial charge in [-0.25, -0.2) is 4.39 Å². The Balaban J connectivity index is 1.59. The molecular formula is C28H34FN3O2. The zero-order chi connectivity index (χ0) is 24.1. The Kier molecular flexibility index (Phi) is 7.68. The van der Waals surface area contributed by atoms with E-state index in [1.54, 1.807) is 19.2 Å². The van der Waals surface area contributed by atoms with Gasteiger partial charge in [0.2, 0.25) is 0 Å². The lowest BCUT2D eigenvalue weighted by molar-refractivity contribution is 0.0703. The number of amides is 1. The third kappa shape index (κ3) is 5.86. The highest BCUT2D eigenvalue weighted by molar-refractivity contribution is 5.94. The molecular weight excluding hydrogens is 429 g/mol. The van der Waals surface area contributed by atoms with Crippen LogP contribution in [-0.2, 0) is 6.54 Å². The molecule has 1 N–H and O–H groups in total. The molecule has 1 saturated heterocycles. The van der Waals surface area contributed by atoms with E-state index in [9.17, 15) is 9.18 Å². The zero-order valence-electron chi connectivity index (χ0n) is 20.2. The van der Waals surface area contributed by atoms with E-state index in [0.717, 1.165) is 25.4 Å². The minimum atomic E-state index is -0.333. The average molecular weight is 464 g/mol. The van der Waals surface area contributed by atoms with Gasteiger partial charge in [-0.3, -0.25) is 9.69 Å². The van der Waals surface area contributed by atoms with Crippen molar-refractivity contribution in [3.05, 3.63) is 89.5 Å². The largest absolute Gasteiger partial charge is 0.497 e. The molecule has 1 amide bonds. The van der Waals surface area contributed by atoms with Crippen LogP contribution in [0, 0.1) is 17.7 Å². The summed E-state index contributed by atoms with van der Waals surface area (Å²) >= 11 is 0. The molecule has 1 aliphatic rings. The van der Waals surface area contributed by atoms with E-state index in [2.05, 4.69) is 41.9 Å². The summed E-state index contributed by atoms with van der Waals surface area (Å²) in [6, 6.07) is 18.3. The molecule has 2 aromatic carbocycles. The highest BCUT2D eigenvalue weighted by Gasteiger charge is 2.36. The van der Waals surface area contributed by atoms with Crippen LogP contribution in [0.15, 0.2) is 66.9 Å². The smallest absolute Gasteiger partial charge is 0.253 e. The Morgan fingerprint density at radius 1 is 1.15 bits per heavy atom. The Hall–Kier alpha value is -3.12. The first kappa shape index (κ1) is 24.0. The molecule has 1 aliphatic heterocycles. The summed E-state index contributed by atoms with van der Waals surface area (Å²) in [5.74, 6) is 1.35. The van der Waals surface area contributed by atoms with Crippen LogP contribution in [-0.4, -0.2) is 54.0 Å². The molecule has 0 aliphatic carbocycles. The summed E-state index contributed by atoms with van der Waals surface area (Å²) in [4.78, 5) is 21.1. The van der Waals surface area contributed by atoms with Crippen LogP contribution in [0.3, 0.4) is 0 Å². The molecule has 4 rings (SSSR count). The summed E-state index contributed by atoms with van der Waals surface area (Å²) in [5.41, 5.74) is 2.95. The van der Waals surface area contributed by atoms with Gasteiger partial charge >= 0.3 is 0 Å². The second kappa shape index (κ2) is 10.9. The number of benzene rings is 2. The summed E-state index contributed by atoms with van der Waals surface area (Å²) in [6.07, 6.45) is 1.95. The Morgan fingerprint density at radius 2 is 1.94 bits per heavy atom. The zero-order valence-corrected chi connectivity index (χ0v) is 20.2. The Labute approximate surface area is 201 Å². The van der Waals surface area contributed by atoms with Gasteiger partial charge in [0.1, 0.15) is 11.6 Å². The topological polar surface area (TPSA) is 48.6 Å². The third-order valence-corrected chi connectivity index (χ3v) is 6.51. The van der Waals surface area contributed by atoms with Gasteiger partial charge in [0, 0.05) is 56.1 Å². The molecule has 1 fully saturated rings. The van der Waals surface area contributed by atoms with Gasteiger partial charge in [-0.15, -0.1) is 0 Å². The molecule has 0 radical (unpaired) electrons. The number of H-pyrrole nitrogens is 1. The van der Waals surface area contributed by atoms with E-state index < -0.39 is 0 Å². The van der Waals surface area contributed by atoms with E-state index in [-0.39, 0.29) is 23.6 Å². The molecule has 0 saturated carbocycles. The number of aromatic nitrogens is 1.